The smallest absolute Gasteiger partial charge is 0.372 e. The Hall–Kier alpha value is -1.37. The Bertz CT molecular complexity index is 350. The molecule has 0 atom stereocenters. The first kappa shape index (κ1) is 14.7. The van der Waals surface area contributed by atoms with Crippen LogP contribution in [0.2, 0.25) is 0 Å². The molecule has 0 radical (unpaired) electrons. The Morgan fingerprint density at radius 1 is 1.44 bits per heavy atom. The maximum atomic E-state index is 10.8. The van der Waals surface area contributed by atoms with Crippen LogP contribution in [0, 0.1) is 0 Å². The summed E-state index contributed by atoms with van der Waals surface area (Å²) >= 11 is 0. The summed E-state index contributed by atoms with van der Waals surface area (Å²) < 4.78 is 15.0. The van der Waals surface area contributed by atoms with Crippen LogP contribution in [0.25, 0.3) is 0 Å². The summed E-state index contributed by atoms with van der Waals surface area (Å²) in [6, 6.07) is 1.66. The van der Waals surface area contributed by atoms with Gasteiger partial charge in [-0.2, -0.15) is 0 Å². The molecule has 0 aromatic carbocycles. The molecule has 0 amide bonds. The molecule has 1 aromatic rings. The van der Waals surface area contributed by atoms with Crippen LogP contribution in [-0.2, 0) is 16.0 Å². The number of furan rings is 1. The van der Waals surface area contributed by atoms with Crippen LogP contribution in [0.5, 0.6) is 0 Å². The number of carbonyl (C=O) groups is 1. The van der Waals surface area contributed by atoms with Crippen LogP contribution in [0.4, 0.5) is 0 Å². The van der Waals surface area contributed by atoms with Crippen LogP contribution in [-0.4, -0.2) is 44.6 Å². The zero-order chi connectivity index (χ0) is 13.2. The van der Waals surface area contributed by atoms with E-state index in [4.69, 9.17) is 19.0 Å². The van der Waals surface area contributed by atoms with Gasteiger partial charge in [0.1, 0.15) is 0 Å². The molecule has 0 fully saturated rings. The van der Waals surface area contributed by atoms with Gasteiger partial charge in [0.15, 0.2) is 0 Å². The van der Waals surface area contributed by atoms with Gasteiger partial charge in [0, 0.05) is 25.8 Å². The largest absolute Gasteiger partial charge is 0.475 e. The highest BCUT2D eigenvalue weighted by molar-refractivity contribution is 5.86. The molecule has 1 aromatic heterocycles. The second kappa shape index (κ2) is 8.68. The minimum absolute atomic E-state index is 0.00107. The highest BCUT2D eigenvalue weighted by atomic mass is 16.5. The monoisotopic (exact) mass is 257 g/mol. The van der Waals surface area contributed by atoms with E-state index in [0.29, 0.717) is 31.9 Å². The van der Waals surface area contributed by atoms with Crippen LogP contribution >= 0.6 is 0 Å². The predicted molar refractivity (Wildman–Crippen MR) is 64.7 cm³/mol. The number of hydrogen-bond donors (Lipinski definition) is 2. The van der Waals surface area contributed by atoms with Gasteiger partial charge in [-0.1, -0.05) is 0 Å². The number of hydrogen-bond acceptors (Lipinski definition) is 5. The maximum absolute atomic E-state index is 10.8. The Kier molecular flexibility index (Phi) is 7.09. The lowest BCUT2D eigenvalue weighted by Gasteiger charge is -2.05. The zero-order valence-corrected chi connectivity index (χ0v) is 10.5. The summed E-state index contributed by atoms with van der Waals surface area (Å²) in [5, 5.41) is 12.0. The molecule has 0 bridgehead atoms. The van der Waals surface area contributed by atoms with E-state index in [1.165, 1.54) is 6.26 Å². The number of nitrogens with one attached hydrogen (secondary N) is 1. The lowest BCUT2D eigenvalue weighted by atomic mass is 10.2. The summed E-state index contributed by atoms with van der Waals surface area (Å²) in [6.45, 7) is 3.10. The van der Waals surface area contributed by atoms with Gasteiger partial charge < -0.3 is 24.3 Å². The Labute approximate surface area is 106 Å². The van der Waals surface area contributed by atoms with Crippen molar-refractivity contribution in [2.45, 2.75) is 13.0 Å². The van der Waals surface area contributed by atoms with Gasteiger partial charge in [0.2, 0.25) is 5.76 Å². The highest BCUT2D eigenvalue weighted by Crippen LogP contribution is 2.09. The van der Waals surface area contributed by atoms with Crippen LogP contribution in [0.15, 0.2) is 16.7 Å². The molecular weight excluding hydrogens is 238 g/mol. The molecule has 0 spiro atoms. The van der Waals surface area contributed by atoms with Gasteiger partial charge in [-0.15, -0.1) is 0 Å². The molecule has 0 aliphatic carbocycles. The minimum Gasteiger partial charge on any atom is -0.475 e. The van der Waals surface area contributed by atoms with Crippen molar-refractivity contribution < 1.29 is 23.8 Å². The number of ether oxygens (including phenoxy) is 2. The molecule has 0 saturated carbocycles. The summed E-state index contributed by atoms with van der Waals surface area (Å²) in [5.74, 6) is -1.04. The fourth-order valence-electron chi connectivity index (χ4n) is 1.43. The first-order valence-electron chi connectivity index (χ1n) is 5.82. The molecular formula is C12H19NO5. The first-order valence-corrected chi connectivity index (χ1v) is 5.82. The molecule has 2 N–H and O–H groups in total. The van der Waals surface area contributed by atoms with Gasteiger partial charge >= 0.3 is 5.97 Å². The van der Waals surface area contributed by atoms with E-state index >= 15 is 0 Å². The third-order valence-electron chi connectivity index (χ3n) is 2.33. The van der Waals surface area contributed by atoms with Gasteiger partial charge in [0.05, 0.1) is 19.5 Å². The minimum atomic E-state index is -1.04. The molecule has 1 rings (SSSR count). The van der Waals surface area contributed by atoms with E-state index in [9.17, 15) is 4.79 Å². The quantitative estimate of drug-likeness (QED) is 0.611. The Morgan fingerprint density at radius 2 is 2.28 bits per heavy atom. The standard InChI is InChI=1S/C12H19NO5/c1-16-7-8-17-5-2-4-13-9-10-3-6-18-11(10)12(14)15/h3,6,13H,2,4-5,7-9H2,1H3,(H,14,15). The lowest BCUT2D eigenvalue weighted by Crippen LogP contribution is -2.18. The van der Waals surface area contributed by atoms with Gasteiger partial charge in [-0.05, 0) is 19.0 Å². The molecule has 6 nitrogen and oxygen atoms in total. The van der Waals surface area contributed by atoms with Crippen LogP contribution in [0.3, 0.4) is 0 Å². The summed E-state index contributed by atoms with van der Waals surface area (Å²) in [6.07, 6.45) is 2.25. The Balaban J connectivity index is 2.07. The molecule has 18 heavy (non-hydrogen) atoms. The summed E-state index contributed by atoms with van der Waals surface area (Å²) in [7, 11) is 1.63. The molecule has 0 saturated heterocycles. The summed E-state index contributed by atoms with van der Waals surface area (Å²) in [4.78, 5) is 10.8. The van der Waals surface area contributed by atoms with E-state index in [0.717, 1.165) is 13.0 Å². The fourth-order valence-corrected chi connectivity index (χ4v) is 1.43. The fraction of sp³-hybridized carbons (Fsp3) is 0.583. The van der Waals surface area contributed by atoms with E-state index < -0.39 is 5.97 Å². The number of methoxy groups -OCH3 is 1. The van der Waals surface area contributed by atoms with Crippen molar-refractivity contribution >= 4 is 5.97 Å². The maximum Gasteiger partial charge on any atom is 0.372 e. The van der Waals surface area contributed by atoms with Crippen molar-refractivity contribution in [2.24, 2.45) is 0 Å². The van der Waals surface area contributed by atoms with Crippen molar-refractivity contribution in [1.82, 2.24) is 5.32 Å². The molecule has 6 heteroatoms. The Morgan fingerprint density at radius 3 is 3.00 bits per heavy atom. The number of aromatic carboxylic acids is 1. The summed E-state index contributed by atoms with van der Waals surface area (Å²) in [5.41, 5.74) is 0.655. The third kappa shape index (κ3) is 5.31. The van der Waals surface area contributed by atoms with Crippen LogP contribution < -0.4 is 5.32 Å². The second-order valence-corrected chi connectivity index (χ2v) is 3.72. The average Bonchev–Trinajstić information content (AvgIpc) is 2.81. The molecule has 0 unspecified atom stereocenters. The molecule has 102 valence electrons. The van der Waals surface area contributed by atoms with Crippen LogP contribution in [0.1, 0.15) is 22.5 Å². The topological polar surface area (TPSA) is 80.9 Å². The molecule has 1 heterocycles. The van der Waals surface area contributed by atoms with E-state index in [1.54, 1.807) is 13.2 Å². The van der Waals surface area contributed by atoms with E-state index in [1.807, 2.05) is 0 Å². The van der Waals surface area contributed by atoms with E-state index in [-0.39, 0.29) is 5.76 Å². The van der Waals surface area contributed by atoms with Crippen molar-refractivity contribution in [3.05, 3.63) is 23.7 Å². The second-order valence-electron chi connectivity index (χ2n) is 3.72. The first-order chi connectivity index (χ1) is 8.75. The van der Waals surface area contributed by atoms with Crippen molar-refractivity contribution in [3.63, 3.8) is 0 Å². The molecule has 0 aliphatic rings. The predicted octanol–water partition coefficient (Wildman–Crippen LogP) is 1.12. The van der Waals surface area contributed by atoms with Crippen molar-refractivity contribution in [2.75, 3.05) is 33.5 Å². The van der Waals surface area contributed by atoms with Crippen molar-refractivity contribution in [3.8, 4) is 0 Å². The van der Waals surface area contributed by atoms with Crippen molar-refractivity contribution in [1.29, 1.82) is 0 Å². The number of rotatable bonds is 10. The normalized spacial score (nSPS) is 10.7. The number of carboxylic acid groups (broad SMARTS) is 1. The SMILES string of the molecule is COCCOCCCNCc1ccoc1C(=O)O. The third-order valence-corrected chi connectivity index (χ3v) is 2.33. The van der Waals surface area contributed by atoms with Gasteiger partial charge in [-0.3, -0.25) is 0 Å². The average molecular weight is 257 g/mol. The van der Waals surface area contributed by atoms with Gasteiger partial charge in [-0.25, -0.2) is 4.79 Å². The molecule has 0 aliphatic heterocycles. The highest BCUT2D eigenvalue weighted by Gasteiger charge is 2.12. The number of carboxylic acids is 1. The van der Waals surface area contributed by atoms with E-state index in [2.05, 4.69) is 5.32 Å². The lowest BCUT2D eigenvalue weighted by molar-refractivity contribution is 0.0660. The van der Waals surface area contributed by atoms with Gasteiger partial charge in [0.25, 0.3) is 0 Å². The zero-order valence-electron chi connectivity index (χ0n) is 10.5.